The number of nitrogens with one attached hydrogen (secondary N) is 2. The lowest BCUT2D eigenvalue weighted by Gasteiger charge is -2.10. The normalized spacial score (nSPS) is 10.9. The van der Waals surface area contributed by atoms with Gasteiger partial charge in [0.05, 0.1) is 16.8 Å². The van der Waals surface area contributed by atoms with E-state index < -0.39 is 15.7 Å². The first-order valence-electron chi connectivity index (χ1n) is 6.83. The quantitative estimate of drug-likeness (QED) is 0.741. The van der Waals surface area contributed by atoms with E-state index in [1.54, 1.807) is 6.92 Å². The van der Waals surface area contributed by atoms with E-state index in [2.05, 4.69) is 10.9 Å². The monoisotopic (exact) mass is 352 g/mol. The number of hydrazine groups is 1. The van der Waals surface area contributed by atoms with Crippen molar-refractivity contribution >= 4 is 21.4 Å². The van der Waals surface area contributed by atoms with E-state index in [0.717, 1.165) is 6.26 Å². The fraction of sp³-hybridized carbons (Fsp3) is 0.200. The van der Waals surface area contributed by atoms with Crippen molar-refractivity contribution in [2.24, 2.45) is 0 Å². The number of amides is 1. The SMILES string of the molecule is Cc1occc(=O)c1OCC(=O)NNc1ccc(S(C)(=O)=O)cc1. The molecule has 0 saturated heterocycles. The van der Waals surface area contributed by atoms with E-state index >= 15 is 0 Å². The fourth-order valence-corrected chi connectivity index (χ4v) is 2.40. The number of sulfone groups is 1. The maximum atomic E-state index is 11.7. The standard InChI is InChI=1S/C15H16N2O6S/c1-10-15(13(18)7-8-22-10)23-9-14(19)17-16-11-3-5-12(6-4-11)24(2,20)21/h3-8,16H,9H2,1-2H3,(H,17,19). The first-order valence-corrected chi connectivity index (χ1v) is 8.72. The van der Waals surface area contributed by atoms with Gasteiger partial charge < -0.3 is 9.15 Å². The molecule has 2 rings (SSSR count). The predicted octanol–water partition coefficient (Wildman–Crippen LogP) is 0.874. The molecular weight excluding hydrogens is 336 g/mol. The molecule has 0 fully saturated rings. The Labute approximate surface area is 138 Å². The van der Waals surface area contributed by atoms with E-state index in [1.807, 2.05) is 0 Å². The van der Waals surface area contributed by atoms with Crippen LogP contribution in [0.5, 0.6) is 5.75 Å². The fourth-order valence-electron chi connectivity index (χ4n) is 1.77. The summed E-state index contributed by atoms with van der Waals surface area (Å²) in [6.07, 6.45) is 2.35. The maximum absolute atomic E-state index is 11.7. The molecule has 0 spiro atoms. The Balaban J connectivity index is 1.88. The van der Waals surface area contributed by atoms with Gasteiger partial charge in [-0.25, -0.2) is 8.42 Å². The molecule has 1 heterocycles. The van der Waals surface area contributed by atoms with Crippen molar-refractivity contribution in [3.8, 4) is 5.75 Å². The van der Waals surface area contributed by atoms with Crippen LogP contribution in [0.1, 0.15) is 5.76 Å². The van der Waals surface area contributed by atoms with E-state index in [0.29, 0.717) is 5.69 Å². The van der Waals surface area contributed by atoms with Crippen LogP contribution in [-0.2, 0) is 14.6 Å². The summed E-state index contributed by atoms with van der Waals surface area (Å²) < 4.78 is 32.9. The largest absolute Gasteiger partial charge is 0.476 e. The predicted molar refractivity (Wildman–Crippen MR) is 86.5 cm³/mol. The second-order valence-electron chi connectivity index (χ2n) is 4.93. The van der Waals surface area contributed by atoms with Crippen LogP contribution in [0.15, 0.2) is 50.7 Å². The maximum Gasteiger partial charge on any atom is 0.276 e. The van der Waals surface area contributed by atoms with Gasteiger partial charge in [0.1, 0.15) is 5.76 Å². The third-order valence-corrected chi connectivity index (χ3v) is 4.11. The first-order chi connectivity index (χ1) is 11.3. The highest BCUT2D eigenvalue weighted by Gasteiger charge is 2.10. The smallest absolute Gasteiger partial charge is 0.276 e. The van der Waals surface area contributed by atoms with Crippen LogP contribution in [0.3, 0.4) is 0 Å². The number of carbonyl (C=O) groups excluding carboxylic acids is 1. The summed E-state index contributed by atoms with van der Waals surface area (Å²) in [6, 6.07) is 7.04. The summed E-state index contributed by atoms with van der Waals surface area (Å²) in [5, 5.41) is 0. The van der Waals surface area contributed by atoms with Gasteiger partial charge >= 0.3 is 0 Å². The number of rotatable bonds is 6. The minimum absolute atomic E-state index is 0.0230. The van der Waals surface area contributed by atoms with Crippen LogP contribution in [0.2, 0.25) is 0 Å². The lowest BCUT2D eigenvalue weighted by molar-refractivity contribution is -0.122. The van der Waals surface area contributed by atoms with E-state index in [4.69, 9.17) is 9.15 Å². The number of hydrogen-bond donors (Lipinski definition) is 2. The average molecular weight is 352 g/mol. The van der Waals surface area contributed by atoms with Gasteiger partial charge in [0.2, 0.25) is 11.2 Å². The van der Waals surface area contributed by atoms with Crippen molar-refractivity contribution in [1.82, 2.24) is 5.43 Å². The van der Waals surface area contributed by atoms with Gasteiger partial charge in [0, 0.05) is 12.3 Å². The Bertz CT molecular complexity index is 887. The second-order valence-corrected chi connectivity index (χ2v) is 6.94. The van der Waals surface area contributed by atoms with E-state index in [1.165, 1.54) is 36.6 Å². The summed E-state index contributed by atoms with van der Waals surface area (Å²) in [7, 11) is -3.27. The molecule has 2 N–H and O–H groups in total. The summed E-state index contributed by atoms with van der Waals surface area (Å²) in [5.74, 6) is -0.269. The summed E-state index contributed by atoms with van der Waals surface area (Å²) in [5.41, 5.74) is 5.10. The van der Waals surface area contributed by atoms with Crippen LogP contribution in [0, 0.1) is 6.92 Å². The number of anilines is 1. The Morgan fingerprint density at radius 3 is 2.46 bits per heavy atom. The number of aryl methyl sites for hydroxylation is 1. The Morgan fingerprint density at radius 1 is 1.21 bits per heavy atom. The molecule has 0 bridgehead atoms. The zero-order chi connectivity index (χ0) is 17.7. The highest BCUT2D eigenvalue weighted by molar-refractivity contribution is 7.90. The molecule has 0 unspecified atom stereocenters. The minimum atomic E-state index is -3.27. The van der Waals surface area contributed by atoms with Gasteiger partial charge in [-0.2, -0.15) is 0 Å². The molecule has 8 nitrogen and oxygen atoms in total. The Hall–Kier alpha value is -2.81. The lowest BCUT2D eigenvalue weighted by Crippen LogP contribution is -2.34. The van der Waals surface area contributed by atoms with Crippen LogP contribution >= 0.6 is 0 Å². The average Bonchev–Trinajstić information content (AvgIpc) is 2.52. The van der Waals surface area contributed by atoms with Gasteiger partial charge in [-0.05, 0) is 31.2 Å². The van der Waals surface area contributed by atoms with Crippen LogP contribution < -0.4 is 21.0 Å². The van der Waals surface area contributed by atoms with Crippen molar-refractivity contribution in [2.75, 3.05) is 18.3 Å². The third kappa shape index (κ3) is 4.59. The van der Waals surface area contributed by atoms with Crippen molar-refractivity contribution in [3.05, 3.63) is 52.6 Å². The molecule has 24 heavy (non-hydrogen) atoms. The summed E-state index contributed by atoms with van der Waals surface area (Å²) in [6.45, 7) is 1.17. The topological polar surface area (TPSA) is 115 Å². The van der Waals surface area contributed by atoms with E-state index in [-0.39, 0.29) is 28.4 Å². The molecule has 0 aliphatic rings. The molecule has 1 amide bonds. The molecule has 2 aromatic rings. The molecule has 0 radical (unpaired) electrons. The van der Waals surface area contributed by atoms with Crippen LogP contribution in [-0.4, -0.2) is 27.2 Å². The van der Waals surface area contributed by atoms with Crippen molar-refractivity contribution < 1.29 is 22.4 Å². The number of hydrogen-bond acceptors (Lipinski definition) is 7. The zero-order valence-electron chi connectivity index (χ0n) is 13.0. The summed E-state index contributed by atoms with van der Waals surface area (Å²) >= 11 is 0. The first kappa shape index (κ1) is 17.5. The summed E-state index contributed by atoms with van der Waals surface area (Å²) in [4.78, 5) is 23.4. The molecule has 0 aliphatic carbocycles. The molecule has 1 aromatic heterocycles. The van der Waals surface area contributed by atoms with Crippen molar-refractivity contribution in [2.45, 2.75) is 11.8 Å². The second kappa shape index (κ2) is 7.18. The van der Waals surface area contributed by atoms with Crippen molar-refractivity contribution in [1.29, 1.82) is 0 Å². The van der Waals surface area contributed by atoms with E-state index in [9.17, 15) is 18.0 Å². The van der Waals surface area contributed by atoms with Gasteiger partial charge in [-0.15, -0.1) is 0 Å². The van der Waals surface area contributed by atoms with Gasteiger partial charge in [-0.3, -0.25) is 20.4 Å². The van der Waals surface area contributed by atoms with Crippen molar-refractivity contribution in [3.63, 3.8) is 0 Å². The molecular formula is C15H16N2O6S. The highest BCUT2D eigenvalue weighted by Crippen LogP contribution is 2.13. The van der Waals surface area contributed by atoms with Gasteiger partial charge in [0.25, 0.3) is 5.91 Å². The lowest BCUT2D eigenvalue weighted by atomic mass is 10.3. The Kier molecular flexibility index (Phi) is 5.24. The molecule has 0 saturated carbocycles. The van der Waals surface area contributed by atoms with Gasteiger partial charge in [-0.1, -0.05) is 0 Å². The molecule has 1 aromatic carbocycles. The molecule has 9 heteroatoms. The number of benzene rings is 1. The van der Waals surface area contributed by atoms with Crippen LogP contribution in [0.4, 0.5) is 5.69 Å². The minimum Gasteiger partial charge on any atom is -0.476 e. The van der Waals surface area contributed by atoms with Crippen LogP contribution in [0.25, 0.3) is 0 Å². The number of carbonyl (C=O) groups is 1. The molecule has 128 valence electrons. The molecule has 0 atom stereocenters. The zero-order valence-corrected chi connectivity index (χ0v) is 13.8. The highest BCUT2D eigenvalue weighted by atomic mass is 32.2. The van der Waals surface area contributed by atoms with Gasteiger partial charge in [0.15, 0.2) is 16.4 Å². The molecule has 0 aliphatic heterocycles. The Morgan fingerprint density at radius 2 is 1.88 bits per heavy atom. The number of ether oxygens (including phenoxy) is 1. The third-order valence-electron chi connectivity index (χ3n) is 2.98.